The number of fused-ring (bicyclic) bond motifs is 1. The Kier molecular flexibility index (Phi) is 4.24. The number of hydrogen-bond acceptors (Lipinski definition) is 2. The molecule has 0 radical (unpaired) electrons. The fourth-order valence-corrected chi connectivity index (χ4v) is 2.81. The van der Waals surface area contributed by atoms with Gasteiger partial charge in [0.1, 0.15) is 6.54 Å². The van der Waals surface area contributed by atoms with Crippen molar-refractivity contribution in [1.29, 1.82) is 0 Å². The highest BCUT2D eigenvalue weighted by atomic mass is 79.9. The van der Waals surface area contributed by atoms with E-state index in [9.17, 15) is 9.59 Å². The van der Waals surface area contributed by atoms with E-state index in [2.05, 4.69) is 15.9 Å². The van der Waals surface area contributed by atoms with Crippen LogP contribution in [0.2, 0.25) is 0 Å². The summed E-state index contributed by atoms with van der Waals surface area (Å²) in [6.45, 7) is 5.89. The standard InChI is InChI=1S/C14H17BrN2O2/c1-3-16(4-2)13(18)9-17-8-11-10(14(17)19)6-5-7-12(11)15/h5-7H,3-4,8-9H2,1-2H3. The molecule has 0 saturated carbocycles. The lowest BCUT2D eigenvalue weighted by Gasteiger charge is -2.22. The smallest absolute Gasteiger partial charge is 0.255 e. The van der Waals surface area contributed by atoms with E-state index in [1.165, 1.54) is 0 Å². The highest BCUT2D eigenvalue weighted by Gasteiger charge is 2.30. The molecular weight excluding hydrogens is 308 g/mol. The zero-order valence-electron chi connectivity index (χ0n) is 11.1. The SMILES string of the molecule is CCN(CC)C(=O)CN1Cc2c(Br)cccc2C1=O. The van der Waals surface area contributed by atoms with Crippen molar-refractivity contribution in [2.45, 2.75) is 20.4 Å². The van der Waals surface area contributed by atoms with Crippen molar-refractivity contribution < 1.29 is 9.59 Å². The van der Waals surface area contributed by atoms with Gasteiger partial charge in [-0.3, -0.25) is 9.59 Å². The monoisotopic (exact) mass is 324 g/mol. The van der Waals surface area contributed by atoms with Crippen molar-refractivity contribution in [2.24, 2.45) is 0 Å². The second kappa shape index (κ2) is 5.74. The predicted molar refractivity (Wildman–Crippen MR) is 76.8 cm³/mol. The molecule has 1 aliphatic rings. The summed E-state index contributed by atoms with van der Waals surface area (Å²) in [6.07, 6.45) is 0. The third-order valence-corrected chi connectivity index (χ3v) is 4.17. The molecule has 0 fully saturated rings. The van der Waals surface area contributed by atoms with Crippen LogP contribution in [0.25, 0.3) is 0 Å². The third-order valence-electron chi connectivity index (χ3n) is 3.43. The van der Waals surface area contributed by atoms with Crippen molar-refractivity contribution in [3.8, 4) is 0 Å². The van der Waals surface area contributed by atoms with E-state index < -0.39 is 0 Å². The second-order valence-electron chi connectivity index (χ2n) is 4.49. The minimum atomic E-state index is -0.0585. The number of carbonyl (C=O) groups excluding carboxylic acids is 2. The molecule has 5 heteroatoms. The van der Waals surface area contributed by atoms with E-state index in [4.69, 9.17) is 0 Å². The Bertz CT molecular complexity index is 512. The van der Waals surface area contributed by atoms with Crippen LogP contribution in [-0.2, 0) is 11.3 Å². The first-order valence-electron chi connectivity index (χ1n) is 6.42. The number of benzene rings is 1. The summed E-state index contributed by atoms with van der Waals surface area (Å²) in [6, 6.07) is 5.57. The van der Waals surface area contributed by atoms with Crippen molar-refractivity contribution >= 4 is 27.7 Å². The van der Waals surface area contributed by atoms with Crippen LogP contribution in [0.1, 0.15) is 29.8 Å². The minimum Gasteiger partial charge on any atom is -0.342 e. The summed E-state index contributed by atoms with van der Waals surface area (Å²) in [7, 11) is 0. The molecule has 0 bridgehead atoms. The van der Waals surface area contributed by atoms with Crippen LogP contribution in [0.4, 0.5) is 0 Å². The number of likely N-dealkylation sites (N-methyl/N-ethyl adjacent to an activating group) is 1. The van der Waals surface area contributed by atoms with Crippen LogP contribution in [-0.4, -0.2) is 41.2 Å². The van der Waals surface area contributed by atoms with Gasteiger partial charge in [0.15, 0.2) is 0 Å². The van der Waals surface area contributed by atoms with Crippen molar-refractivity contribution in [1.82, 2.24) is 9.80 Å². The van der Waals surface area contributed by atoms with Gasteiger partial charge in [0.05, 0.1) is 0 Å². The molecule has 4 nitrogen and oxygen atoms in total. The molecule has 0 atom stereocenters. The molecule has 1 aromatic rings. The number of amides is 2. The first-order valence-corrected chi connectivity index (χ1v) is 7.22. The summed E-state index contributed by atoms with van der Waals surface area (Å²) in [5.41, 5.74) is 1.67. The molecule has 1 aliphatic heterocycles. The van der Waals surface area contributed by atoms with Crippen LogP contribution >= 0.6 is 15.9 Å². The summed E-state index contributed by atoms with van der Waals surface area (Å²) in [4.78, 5) is 27.6. The quantitative estimate of drug-likeness (QED) is 0.852. The maximum absolute atomic E-state index is 12.2. The van der Waals surface area contributed by atoms with Gasteiger partial charge < -0.3 is 9.80 Å². The Labute approximate surface area is 121 Å². The van der Waals surface area contributed by atoms with Gasteiger partial charge in [0.2, 0.25) is 5.91 Å². The fraction of sp³-hybridized carbons (Fsp3) is 0.429. The normalized spacial score (nSPS) is 13.6. The maximum Gasteiger partial charge on any atom is 0.255 e. The van der Waals surface area contributed by atoms with Crippen LogP contribution < -0.4 is 0 Å². The summed E-state index contributed by atoms with van der Waals surface area (Å²) in [5, 5.41) is 0. The summed E-state index contributed by atoms with van der Waals surface area (Å²) < 4.78 is 0.927. The molecule has 2 rings (SSSR count). The molecule has 0 spiro atoms. The Balaban J connectivity index is 2.12. The highest BCUT2D eigenvalue weighted by molar-refractivity contribution is 9.10. The van der Waals surface area contributed by atoms with Gasteiger partial charge in [-0.05, 0) is 31.5 Å². The van der Waals surface area contributed by atoms with E-state index >= 15 is 0 Å². The Morgan fingerprint density at radius 1 is 1.37 bits per heavy atom. The van der Waals surface area contributed by atoms with Crippen molar-refractivity contribution in [3.05, 3.63) is 33.8 Å². The molecule has 0 aromatic heterocycles. The molecule has 1 aromatic carbocycles. The fourth-order valence-electron chi connectivity index (χ4n) is 2.32. The van der Waals surface area contributed by atoms with Crippen LogP contribution in [0.15, 0.2) is 22.7 Å². The first kappa shape index (κ1) is 14.1. The van der Waals surface area contributed by atoms with Gasteiger partial charge in [-0.15, -0.1) is 0 Å². The maximum atomic E-state index is 12.2. The second-order valence-corrected chi connectivity index (χ2v) is 5.35. The van der Waals surface area contributed by atoms with Gasteiger partial charge in [0.25, 0.3) is 5.91 Å². The van der Waals surface area contributed by atoms with E-state index in [-0.39, 0.29) is 18.4 Å². The number of halogens is 1. The third kappa shape index (κ3) is 2.66. The summed E-state index contributed by atoms with van der Waals surface area (Å²) >= 11 is 3.45. The lowest BCUT2D eigenvalue weighted by Crippen LogP contribution is -2.40. The Hall–Kier alpha value is -1.36. The molecule has 1 heterocycles. The largest absolute Gasteiger partial charge is 0.342 e. The molecule has 0 unspecified atom stereocenters. The highest BCUT2D eigenvalue weighted by Crippen LogP contribution is 2.29. The molecule has 19 heavy (non-hydrogen) atoms. The molecule has 0 aliphatic carbocycles. The lowest BCUT2D eigenvalue weighted by atomic mass is 10.1. The van der Waals surface area contributed by atoms with Crippen LogP contribution in [0.5, 0.6) is 0 Å². The number of rotatable bonds is 4. The number of nitrogens with zero attached hydrogens (tertiary/aromatic N) is 2. The van der Waals surface area contributed by atoms with E-state index in [0.717, 1.165) is 10.0 Å². The predicted octanol–water partition coefficient (Wildman–Crippen LogP) is 2.27. The molecule has 0 saturated heterocycles. The van der Waals surface area contributed by atoms with E-state index in [1.54, 1.807) is 9.80 Å². The van der Waals surface area contributed by atoms with Crippen molar-refractivity contribution in [2.75, 3.05) is 19.6 Å². The molecule has 102 valence electrons. The van der Waals surface area contributed by atoms with E-state index in [1.807, 2.05) is 32.0 Å². The van der Waals surface area contributed by atoms with Gasteiger partial charge >= 0.3 is 0 Å². The average Bonchev–Trinajstić information content (AvgIpc) is 2.70. The van der Waals surface area contributed by atoms with Crippen molar-refractivity contribution in [3.63, 3.8) is 0 Å². The first-order chi connectivity index (χ1) is 9.08. The van der Waals surface area contributed by atoms with E-state index in [0.29, 0.717) is 25.2 Å². The molecular formula is C14H17BrN2O2. The average molecular weight is 325 g/mol. The number of hydrogen-bond donors (Lipinski definition) is 0. The van der Waals surface area contributed by atoms with Gasteiger partial charge in [-0.25, -0.2) is 0 Å². The molecule has 0 N–H and O–H groups in total. The Morgan fingerprint density at radius 3 is 2.63 bits per heavy atom. The van der Waals surface area contributed by atoms with Crippen LogP contribution in [0, 0.1) is 0 Å². The minimum absolute atomic E-state index is 0.00211. The van der Waals surface area contributed by atoms with Gasteiger partial charge in [0, 0.05) is 29.7 Å². The summed E-state index contributed by atoms with van der Waals surface area (Å²) in [5.74, 6) is -0.0564. The zero-order valence-corrected chi connectivity index (χ0v) is 12.7. The topological polar surface area (TPSA) is 40.6 Å². The van der Waals surface area contributed by atoms with Gasteiger partial charge in [-0.2, -0.15) is 0 Å². The number of carbonyl (C=O) groups is 2. The zero-order chi connectivity index (χ0) is 14.0. The van der Waals surface area contributed by atoms with Gasteiger partial charge in [-0.1, -0.05) is 22.0 Å². The van der Waals surface area contributed by atoms with Crippen LogP contribution in [0.3, 0.4) is 0 Å². The Morgan fingerprint density at radius 2 is 2.05 bits per heavy atom. The lowest BCUT2D eigenvalue weighted by molar-refractivity contribution is -0.131. The molecule has 2 amide bonds.